The van der Waals surface area contributed by atoms with E-state index in [9.17, 15) is 14.4 Å². The zero-order chi connectivity index (χ0) is 28.0. The van der Waals surface area contributed by atoms with E-state index in [1.54, 1.807) is 50.4 Å². The highest BCUT2D eigenvalue weighted by Gasteiger charge is 2.34. The van der Waals surface area contributed by atoms with Crippen molar-refractivity contribution in [2.24, 2.45) is 0 Å². The first-order valence-electron chi connectivity index (χ1n) is 13.2. The zero-order valence-electron chi connectivity index (χ0n) is 23.0. The van der Waals surface area contributed by atoms with Crippen molar-refractivity contribution < 1.29 is 34.2 Å². The second-order valence-electron chi connectivity index (χ2n) is 10.6. The average molecular weight is 541 g/mol. The summed E-state index contributed by atoms with van der Waals surface area (Å²) in [5.41, 5.74) is 5.23. The Labute approximate surface area is 228 Å². The Kier molecular flexibility index (Phi) is 8.93. The van der Waals surface area contributed by atoms with Crippen LogP contribution < -0.4 is 25.9 Å². The van der Waals surface area contributed by atoms with Gasteiger partial charge in [0.05, 0.1) is 12.8 Å². The maximum absolute atomic E-state index is 12.7. The van der Waals surface area contributed by atoms with Crippen molar-refractivity contribution in [1.29, 1.82) is 0 Å². The molecule has 0 bridgehead atoms. The smallest absolute Gasteiger partial charge is 0.414 e. The van der Waals surface area contributed by atoms with E-state index in [4.69, 9.17) is 14.3 Å². The number of cyclic esters (lactones) is 1. The fraction of sp³-hybridized carbons (Fsp3) is 0.464. The van der Waals surface area contributed by atoms with Crippen molar-refractivity contribution >= 4 is 35.2 Å². The molecule has 0 radical (unpaired) electrons. The number of anilines is 2. The largest absolute Gasteiger partial charge is 0.444 e. The number of carbonyl (C=O) groups is 3. The summed E-state index contributed by atoms with van der Waals surface area (Å²) >= 11 is 0. The molecule has 0 spiro atoms. The minimum absolute atomic E-state index is 0.0457. The highest BCUT2D eigenvalue weighted by molar-refractivity contribution is 5.95. The number of nitrogens with two attached hydrogens (primary N) is 1. The number of alkyl carbamates (subject to hydrolysis) is 1. The number of quaternary nitrogens is 1. The van der Waals surface area contributed by atoms with Gasteiger partial charge in [-0.15, -0.1) is 0 Å². The Morgan fingerprint density at radius 3 is 2.49 bits per heavy atom. The molecule has 2 aromatic rings. The fourth-order valence-corrected chi connectivity index (χ4v) is 4.85. The van der Waals surface area contributed by atoms with Gasteiger partial charge in [0, 0.05) is 49.4 Å². The second kappa shape index (κ2) is 12.4. The van der Waals surface area contributed by atoms with Gasteiger partial charge in [0.2, 0.25) is 0 Å². The minimum atomic E-state index is -0.580. The van der Waals surface area contributed by atoms with Gasteiger partial charge in [-0.25, -0.2) is 14.4 Å². The predicted octanol–water partition coefficient (Wildman–Crippen LogP) is 2.82. The molecule has 11 heteroatoms. The van der Waals surface area contributed by atoms with Crippen molar-refractivity contribution in [2.45, 2.75) is 51.9 Å². The van der Waals surface area contributed by atoms with Crippen molar-refractivity contribution in [3.8, 4) is 0 Å². The van der Waals surface area contributed by atoms with Gasteiger partial charge in [-0.1, -0.05) is 18.2 Å². The lowest BCUT2D eigenvalue weighted by Crippen LogP contribution is -2.76. The number of carbonyl (C=O) groups excluding carboxylic acids is 3. The number of amides is 3. The predicted molar refractivity (Wildman–Crippen MR) is 146 cm³/mol. The molecule has 3 amide bonds. The van der Waals surface area contributed by atoms with E-state index in [0.717, 1.165) is 48.6 Å². The molecule has 4 rings (SSSR count). The molecular formula is C28H38N5O6+. The van der Waals surface area contributed by atoms with Gasteiger partial charge in [0.25, 0.3) is 5.91 Å². The SMILES string of the molecule is CO[NH2+]c1cc(C(=O)NCCNC(=O)OC(C)(C)C)ccc1N1CCC(N2C(=O)OCc3ccccc32)CC1. The van der Waals surface area contributed by atoms with Gasteiger partial charge in [-0.2, -0.15) is 5.48 Å². The Hall–Kier alpha value is -3.83. The van der Waals surface area contributed by atoms with Crippen LogP contribution in [-0.4, -0.2) is 63.0 Å². The summed E-state index contributed by atoms with van der Waals surface area (Å²) in [6.45, 7) is 7.67. The molecule has 0 unspecified atom stereocenters. The number of para-hydroxylation sites is 1. The normalized spacial score (nSPS) is 15.8. The molecule has 1 fully saturated rings. The average Bonchev–Trinajstić information content (AvgIpc) is 2.90. The van der Waals surface area contributed by atoms with Gasteiger partial charge in [-0.3, -0.25) is 9.69 Å². The zero-order valence-corrected chi connectivity index (χ0v) is 23.0. The molecule has 0 saturated carbocycles. The van der Waals surface area contributed by atoms with E-state index in [0.29, 0.717) is 12.2 Å². The topological polar surface area (TPSA) is 126 Å². The number of hydrogen-bond acceptors (Lipinski definition) is 7. The van der Waals surface area contributed by atoms with Crippen LogP contribution >= 0.6 is 0 Å². The van der Waals surface area contributed by atoms with Gasteiger partial charge in [-0.05, 0) is 51.8 Å². The highest BCUT2D eigenvalue weighted by Crippen LogP contribution is 2.33. The van der Waals surface area contributed by atoms with Crippen LogP contribution in [0.15, 0.2) is 42.5 Å². The monoisotopic (exact) mass is 540 g/mol. The number of nitrogens with one attached hydrogen (secondary N) is 2. The molecule has 1 saturated heterocycles. The van der Waals surface area contributed by atoms with Gasteiger partial charge in [0.15, 0.2) is 5.69 Å². The lowest BCUT2D eigenvalue weighted by atomic mass is 9.99. The minimum Gasteiger partial charge on any atom is -0.444 e. The number of rotatable bonds is 8. The van der Waals surface area contributed by atoms with Crippen LogP contribution in [0.2, 0.25) is 0 Å². The molecule has 0 atom stereocenters. The summed E-state index contributed by atoms with van der Waals surface area (Å²) in [4.78, 5) is 46.5. The number of nitrogens with zero attached hydrogens (tertiary/aromatic N) is 2. The molecule has 2 aliphatic rings. The molecule has 2 aromatic carbocycles. The number of hydrogen-bond donors (Lipinski definition) is 3. The molecular weight excluding hydrogens is 502 g/mol. The Bertz CT molecular complexity index is 1190. The molecule has 11 nitrogen and oxygen atoms in total. The number of ether oxygens (including phenoxy) is 2. The third-order valence-electron chi connectivity index (χ3n) is 6.58. The first-order chi connectivity index (χ1) is 18.7. The van der Waals surface area contributed by atoms with Crippen molar-refractivity contribution in [3.63, 3.8) is 0 Å². The molecule has 2 aliphatic heterocycles. The van der Waals surface area contributed by atoms with E-state index in [1.165, 1.54) is 0 Å². The van der Waals surface area contributed by atoms with Crippen LogP contribution in [0.3, 0.4) is 0 Å². The van der Waals surface area contributed by atoms with E-state index >= 15 is 0 Å². The fourth-order valence-electron chi connectivity index (χ4n) is 4.85. The second-order valence-corrected chi connectivity index (χ2v) is 10.6. The highest BCUT2D eigenvalue weighted by atomic mass is 16.6. The molecule has 210 valence electrons. The molecule has 0 aliphatic carbocycles. The quantitative estimate of drug-likeness (QED) is 0.267. The summed E-state index contributed by atoms with van der Waals surface area (Å²) in [5, 5.41) is 5.44. The Balaban J connectivity index is 1.35. The van der Waals surface area contributed by atoms with Crippen LogP contribution in [0.5, 0.6) is 0 Å². The van der Waals surface area contributed by atoms with Crippen LogP contribution in [0.1, 0.15) is 49.5 Å². The lowest BCUT2D eigenvalue weighted by Gasteiger charge is -2.40. The van der Waals surface area contributed by atoms with Gasteiger partial charge >= 0.3 is 12.2 Å². The van der Waals surface area contributed by atoms with Crippen molar-refractivity contribution in [3.05, 3.63) is 53.6 Å². The van der Waals surface area contributed by atoms with Crippen molar-refractivity contribution in [2.75, 3.05) is 43.1 Å². The van der Waals surface area contributed by atoms with Crippen LogP contribution in [-0.2, 0) is 20.9 Å². The van der Waals surface area contributed by atoms with Crippen molar-refractivity contribution in [1.82, 2.24) is 10.6 Å². The molecule has 39 heavy (non-hydrogen) atoms. The summed E-state index contributed by atoms with van der Waals surface area (Å²) in [5.74, 6) is -0.251. The van der Waals surface area contributed by atoms with E-state index in [2.05, 4.69) is 15.5 Å². The third-order valence-corrected chi connectivity index (χ3v) is 6.58. The number of benzene rings is 2. The first-order valence-corrected chi connectivity index (χ1v) is 13.2. The maximum atomic E-state index is 12.7. The van der Waals surface area contributed by atoms with Crippen LogP contribution in [0.25, 0.3) is 0 Å². The summed E-state index contributed by atoms with van der Waals surface area (Å²) in [7, 11) is 1.57. The van der Waals surface area contributed by atoms with Gasteiger partial charge < -0.3 is 25.0 Å². The Morgan fingerprint density at radius 1 is 1.05 bits per heavy atom. The van der Waals surface area contributed by atoms with E-state index in [-0.39, 0.29) is 31.1 Å². The summed E-state index contributed by atoms with van der Waals surface area (Å²) in [6, 6.07) is 13.4. The molecule has 2 heterocycles. The third kappa shape index (κ3) is 7.18. The number of piperidine rings is 1. The van der Waals surface area contributed by atoms with Crippen LogP contribution in [0.4, 0.5) is 26.7 Å². The Morgan fingerprint density at radius 2 is 1.77 bits per heavy atom. The lowest BCUT2D eigenvalue weighted by molar-refractivity contribution is -0.829. The maximum Gasteiger partial charge on any atom is 0.414 e. The summed E-state index contributed by atoms with van der Waals surface area (Å²) in [6.07, 6.45) is 0.742. The molecule has 0 aromatic heterocycles. The first kappa shape index (κ1) is 28.2. The summed E-state index contributed by atoms with van der Waals surface area (Å²) < 4.78 is 10.6. The van der Waals surface area contributed by atoms with E-state index < -0.39 is 11.7 Å². The van der Waals surface area contributed by atoms with Gasteiger partial charge in [0.1, 0.15) is 17.9 Å². The van der Waals surface area contributed by atoms with E-state index in [1.807, 2.05) is 30.3 Å². The molecule has 4 N–H and O–H groups in total. The standard InChI is InChI=1S/C28H37N5O6/c1-28(2,3)39-26(35)30-14-13-29-25(34)19-9-10-24(22(17-19)31-37-4)32-15-11-21(12-16-32)33-23-8-6-5-7-20(23)18-38-27(33)36/h5-10,17,21,31H,11-16,18H2,1-4H3,(H,29,34)(H,30,35)/p+1. The van der Waals surface area contributed by atoms with Crippen LogP contribution in [0, 0.1) is 0 Å². The number of fused-ring (bicyclic) bond motifs is 1.